The topological polar surface area (TPSA) is 125 Å². The summed E-state index contributed by atoms with van der Waals surface area (Å²) in [5.41, 5.74) is 4.00. The van der Waals surface area contributed by atoms with Gasteiger partial charge in [0.1, 0.15) is 5.70 Å². The summed E-state index contributed by atoms with van der Waals surface area (Å²) >= 11 is 1.29. The van der Waals surface area contributed by atoms with Crippen molar-refractivity contribution in [2.24, 2.45) is 0 Å². The first-order valence-electron chi connectivity index (χ1n) is 13.5. The van der Waals surface area contributed by atoms with Gasteiger partial charge in [0.25, 0.3) is 11.8 Å². The van der Waals surface area contributed by atoms with Gasteiger partial charge in [-0.2, -0.15) is 0 Å². The number of thioether (sulfide) groups is 1. The lowest BCUT2D eigenvalue weighted by atomic mass is 10.1. The first-order chi connectivity index (χ1) is 20.6. The Morgan fingerprint density at radius 2 is 1.53 bits per heavy atom. The molecule has 4 aromatic carbocycles. The van der Waals surface area contributed by atoms with Crippen LogP contribution in [-0.4, -0.2) is 34.0 Å². The highest BCUT2D eigenvalue weighted by molar-refractivity contribution is 8.00. The summed E-state index contributed by atoms with van der Waals surface area (Å²) in [5, 5.41) is 17.1. The van der Waals surface area contributed by atoms with Crippen LogP contribution in [0.1, 0.15) is 44.3 Å². The fourth-order valence-electron chi connectivity index (χ4n) is 4.10. The van der Waals surface area contributed by atoms with Crippen LogP contribution in [0.25, 0.3) is 6.08 Å². The smallest absolute Gasteiger partial charge is 0.335 e. The summed E-state index contributed by atoms with van der Waals surface area (Å²) in [4.78, 5) is 51.3. The van der Waals surface area contributed by atoms with E-state index in [2.05, 4.69) is 16.0 Å². The largest absolute Gasteiger partial charge is 0.478 e. The molecule has 0 heterocycles. The molecule has 0 fully saturated rings. The molecule has 0 aliphatic heterocycles. The number of carboxylic acids is 1. The standard InChI is InChI=1S/C34H31N3O5S/c1-21-9-7-10-24(17-21)18-30(37-32(39)25-11-5-4-6-12-25)33(40)35-27-13-8-14-28(20-27)43-23(3)31(38)36-29-19-26(34(41)42)16-15-22(29)2/h4-20,23H,1-3H3,(H,35,40)(H,36,38)(H,37,39)(H,41,42)/b30-18+. The van der Waals surface area contributed by atoms with Crippen molar-refractivity contribution in [1.29, 1.82) is 0 Å². The molecular weight excluding hydrogens is 562 g/mol. The van der Waals surface area contributed by atoms with Gasteiger partial charge in [-0.15, -0.1) is 11.8 Å². The lowest BCUT2D eigenvalue weighted by molar-refractivity contribution is -0.115. The minimum atomic E-state index is -1.08. The monoisotopic (exact) mass is 593 g/mol. The molecular formula is C34H31N3O5S. The van der Waals surface area contributed by atoms with Crippen molar-refractivity contribution in [2.45, 2.75) is 30.9 Å². The number of aryl methyl sites for hydroxylation is 2. The number of benzene rings is 4. The second kappa shape index (κ2) is 14.2. The van der Waals surface area contributed by atoms with Crippen LogP contribution in [0, 0.1) is 13.8 Å². The fourth-order valence-corrected chi connectivity index (χ4v) is 5.02. The Morgan fingerprint density at radius 3 is 2.26 bits per heavy atom. The molecule has 0 saturated heterocycles. The minimum Gasteiger partial charge on any atom is -0.478 e. The zero-order valence-electron chi connectivity index (χ0n) is 23.9. The van der Waals surface area contributed by atoms with Crippen LogP contribution in [0.2, 0.25) is 0 Å². The quantitative estimate of drug-likeness (QED) is 0.122. The van der Waals surface area contributed by atoms with Gasteiger partial charge in [0.15, 0.2) is 0 Å². The Hall–Kier alpha value is -5.15. The van der Waals surface area contributed by atoms with Crippen molar-refractivity contribution in [2.75, 3.05) is 10.6 Å². The summed E-state index contributed by atoms with van der Waals surface area (Å²) in [6.07, 6.45) is 1.62. The molecule has 0 saturated carbocycles. The molecule has 4 aromatic rings. The number of hydrogen-bond acceptors (Lipinski definition) is 5. The predicted octanol–water partition coefficient (Wildman–Crippen LogP) is 6.53. The molecule has 0 bridgehead atoms. The second-order valence-corrected chi connectivity index (χ2v) is 11.3. The van der Waals surface area contributed by atoms with Crippen molar-refractivity contribution in [1.82, 2.24) is 5.32 Å². The average Bonchev–Trinajstić information content (AvgIpc) is 2.98. The number of carboxylic acid groups (broad SMARTS) is 1. The molecule has 1 atom stereocenters. The van der Waals surface area contributed by atoms with Crippen LogP contribution in [0.4, 0.5) is 11.4 Å². The van der Waals surface area contributed by atoms with Crippen LogP contribution in [-0.2, 0) is 9.59 Å². The number of rotatable bonds is 10. The molecule has 0 aliphatic rings. The van der Waals surface area contributed by atoms with E-state index in [4.69, 9.17) is 0 Å². The van der Waals surface area contributed by atoms with Gasteiger partial charge >= 0.3 is 5.97 Å². The zero-order valence-corrected chi connectivity index (χ0v) is 24.7. The summed E-state index contributed by atoms with van der Waals surface area (Å²) in [5.74, 6) is -2.29. The predicted molar refractivity (Wildman–Crippen MR) is 170 cm³/mol. The van der Waals surface area contributed by atoms with E-state index >= 15 is 0 Å². The molecule has 3 amide bonds. The average molecular weight is 594 g/mol. The lowest BCUT2D eigenvalue weighted by Crippen LogP contribution is -2.30. The molecule has 4 rings (SSSR count). The third-order valence-corrected chi connectivity index (χ3v) is 7.49. The second-order valence-electron chi connectivity index (χ2n) is 9.86. The van der Waals surface area contributed by atoms with Crippen LogP contribution >= 0.6 is 11.8 Å². The number of anilines is 2. The SMILES string of the molecule is Cc1cccc(/C=C(/NC(=O)c2ccccc2)C(=O)Nc2cccc(SC(C)C(=O)Nc3cc(C(=O)O)ccc3C)c2)c1. The van der Waals surface area contributed by atoms with Gasteiger partial charge in [-0.3, -0.25) is 14.4 Å². The first kappa shape index (κ1) is 30.8. The van der Waals surface area contributed by atoms with E-state index in [0.717, 1.165) is 21.6 Å². The fraction of sp³-hybridized carbons (Fsp3) is 0.118. The Balaban J connectivity index is 1.48. The van der Waals surface area contributed by atoms with Gasteiger partial charge in [-0.25, -0.2) is 4.79 Å². The van der Waals surface area contributed by atoms with Crippen molar-refractivity contribution in [3.63, 3.8) is 0 Å². The third-order valence-electron chi connectivity index (χ3n) is 6.40. The lowest BCUT2D eigenvalue weighted by Gasteiger charge is -2.15. The van der Waals surface area contributed by atoms with E-state index < -0.39 is 23.0 Å². The summed E-state index contributed by atoms with van der Waals surface area (Å²) in [7, 11) is 0. The molecule has 4 N–H and O–H groups in total. The Labute approximate surface area is 254 Å². The number of aromatic carboxylic acids is 1. The number of carbonyl (C=O) groups is 4. The highest BCUT2D eigenvalue weighted by atomic mass is 32.2. The first-order valence-corrected chi connectivity index (χ1v) is 14.3. The number of carbonyl (C=O) groups excluding carboxylic acids is 3. The van der Waals surface area contributed by atoms with Gasteiger partial charge in [0.2, 0.25) is 5.91 Å². The van der Waals surface area contributed by atoms with E-state index in [-0.39, 0.29) is 17.2 Å². The maximum Gasteiger partial charge on any atom is 0.335 e. The van der Waals surface area contributed by atoms with Gasteiger partial charge < -0.3 is 21.1 Å². The van der Waals surface area contributed by atoms with Gasteiger partial charge in [0, 0.05) is 21.8 Å². The van der Waals surface area contributed by atoms with Crippen molar-refractivity contribution in [3.8, 4) is 0 Å². The van der Waals surface area contributed by atoms with Gasteiger partial charge in [0.05, 0.1) is 10.8 Å². The van der Waals surface area contributed by atoms with E-state index in [0.29, 0.717) is 16.9 Å². The molecule has 8 nitrogen and oxygen atoms in total. The Bertz CT molecular complexity index is 1700. The van der Waals surface area contributed by atoms with Gasteiger partial charge in [-0.05, 0) is 80.4 Å². The summed E-state index contributed by atoms with van der Waals surface area (Å²) in [6, 6.07) is 27.8. The molecule has 218 valence electrons. The number of nitrogens with one attached hydrogen (secondary N) is 3. The van der Waals surface area contributed by atoms with E-state index in [1.807, 2.05) is 37.3 Å². The van der Waals surface area contributed by atoms with E-state index in [1.165, 1.54) is 23.9 Å². The molecule has 0 aliphatic carbocycles. The number of amides is 3. The summed E-state index contributed by atoms with van der Waals surface area (Å²) < 4.78 is 0. The van der Waals surface area contributed by atoms with Crippen molar-refractivity contribution < 1.29 is 24.3 Å². The highest BCUT2D eigenvalue weighted by Crippen LogP contribution is 2.27. The molecule has 43 heavy (non-hydrogen) atoms. The Morgan fingerprint density at radius 1 is 0.791 bits per heavy atom. The normalized spacial score (nSPS) is 11.7. The minimum absolute atomic E-state index is 0.0733. The molecule has 1 unspecified atom stereocenters. The number of hydrogen-bond donors (Lipinski definition) is 4. The molecule has 9 heteroatoms. The highest BCUT2D eigenvalue weighted by Gasteiger charge is 2.18. The van der Waals surface area contributed by atoms with Crippen LogP contribution in [0.3, 0.4) is 0 Å². The maximum absolute atomic E-state index is 13.4. The molecule has 0 aromatic heterocycles. The maximum atomic E-state index is 13.4. The van der Waals surface area contributed by atoms with Crippen LogP contribution in [0.15, 0.2) is 108 Å². The zero-order chi connectivity index (χ0) is 30.9. The van der Waals surface area contributed by atoms with E-state index in [9.17, 15) is 24.3 Å². The van der Waals surface area contributed by atoms with Crippen molar-refractivity contribution >= 4 is 52.9 Å². The molecule has 0 spiro atoms. The van der Waals surface area contributed by atoms with Crippen LogP contribution < -0.4 is 16.0 Å². The molecule has 0 radical (unpaired) electrons. The van der Waals surface area contributed by atoms with Crippen molar-refractivity contribution in [3.05, 3.63) is 131 Å². The van der Waals surface area contributed by atoms with E-state index in [1.54, 1.807) is 74.5 Å². The van der Waals surface area contributed by atoms with Crippen LogP contribution in [0.5, 0.6) is 0 Å². The Kier molecular flexibility index (Phi) is 10.1. The summed E-state index contributed by atoms with van der Waals surface area (Å²) in [6.45, 7) is 5.47. The van der Waals surface area contributed by atoms with Gasteiger partial charge in [-0.1, -0.05) is 60.2 Å². The third kappa shape index (κ3) is 8.67.